The number of rotatable bonds is 19. The van der Waals surface area contributed by atoms with Crippen molar-refractivity contribution in [3.8, 4) is 0 Å². The normalized spacial score (nSPS) is 13.7. The topological polar surface area (TPSA) is 26.3 Å². The first-order chi connectivity index (χ1) is 13.0. The minimum absolute atomic E-state index is 0.0862. The van der Waals surface area contributed by atoms with Crippen LogP contribution in [-0.4, -0.2) is 12.6 Å². The molecule has 0 aliphatic heterocycles. The molecule has 0 aliphatic carbocycles. The lowest BCUT2D eigenvalue weighted by Gasteiger charge is -2.22. The van der Waals surface area contributed by atoms with Gasteiger partial charge in [-0.1, -0.05) is 112 Å². The quantitative estimate of drug-likeness (QED) is 0.166. The first-order valence-electron chi connectivity index (χ1n) is 12.2. The first kappa shape index (κ1) is 26.5. The molecule has 0 rings (SSSR count). The van der Waals surface area contributed by atoms with Gasteiger partial charge in [0.1, 0.15) is 0 Å². The van der Waals surface area contributed by atoms with E-state index in [-0.39, 0.29) is 11.9 Å². The minimum atomic E-state index is 0.0862. The molecule has 0 radical (unpaired) electrons. The van der Waals surface area contributed by atoms with Crippen molar-refractivity contribution >= 4 is 5.97 Å². The summed E-state index contributed by atoms with van der Waals surface area (Å²) >= 11 is 0. The molecule has 2 heteroatoms. The van der Waals surface area contributed by atoms with Crippen molar-refractivity contribution in [1.82, 2.24) is 0 Å². The van der Waals surface area contributed by atoms with Crippen molar-refractivity contribution < 1.29 is 9.53 Å². The summed E-state index contributed by atoms with van der Waals surface area (Å²) in [5.74, 6) is 1.65. The van der Waals surface area contributed by atoms with E-state index in [0.717, 1.165) is 25.2 Å². The molecule has 0 aliphatic rings. The van der Waals surface area contributed by atoms with Gasteiger partial charge in [-0.25, -0.2) is 0 Å². The van der Waals surface area contributed by atoms with Gasteiger partial charge in [0.2, 0.25) is 0 Å². The summed E-state index contributed by atoms with van der Waals surface area (Å²) in [6, 6.07) is 0. The van der Waals surface area contributed by atoms with Crippen LogP contribution in [-0.2, 0) is 9.53 Å². The Morgan fingerprint density at radius 2 is 1.37 bits per heavy atom. The molecule has 162 valence electrons. The second kappa shape index (κ2) is 18.8. The molecule has 0 amide bonds. The van der Waals surface area contributed by atoms with Gasteiger partial charge in [-0.05, 0) is 31.1 Å². The van der Waals surface area contributed by atoms with Crippen LogP contribution in [0.25, 0.3) is 0 Å². The zero-order valence-corrected chi connectivity index (χ0v) is 19.4. The highest BCUT2D eigenvalue weighted by Crippen LogP contribution is 2.26. The Hall–Kier alpha value is -0.530. The largest absolute Gasteiger partial charge is 0.465 e. The standard InChI is InChI=1S/C25H50O2/c1-6-9-11-12-13-16-20-27-25(26)24(19-15-14-17-22(4)5)21-23(8-3)18-10-7-2/h22-24H,6-21H2,1-5H3. The van der Waals surface area contributed by atoms with Crippen LogP contribution in [0.2, 0.25) is 0 Å². The molecule has 0 aromatic carbocycles. The number of carbonyl (C=O) groups is 1. The fourth-order valence-corrected chi connectivity index (χ4v) is 3.83. The van der Waals surface area contributed by atoms with Gasteiger partial charge < -0.3 is 4.74 Å². The lowest BCUT2D eigenvalue weighted by atomic mass is 9.86. The molecule has 2 atom stereocenters. The fraction of sp³-hybridized carbons (Fsp3) is 0.960. The van der Waals surface area contributed by atoms with E-state index < -0.39 is 0 Å². The zero-order valence-electron chi connectivity index (χ0n) is 19.4. The maximum Gasteiger partial charge on any atom is 0.308 e. The second-order valence-corrected chi connectivity index (χ2v) is 8.96. The molecule has 0 bridgehead atoms. The Morgan fingerprint density at radius 3 is 2.00 bits per heavy atom. The number of carbonyl (C=O) groups excluding carboxylic acids is 1. The van der Waals surface area contributed by atoms with E-state index in [1.165, 1.54) is 77.0 Å². The van der Waals surface area contributed by atoms with Crippen LogP contribution in [0.1, 0.15) is 131 Å². The number of esters is 1. The summed E-state index contributed by atoms with van der Waals surface area (Å²) in [6.45, 7) is 12.0. The smallest absolute Gasteiger partial charge is 0.308 e. The van der Waals surface area contributed by atoms with Gasteiger partial charge in [-0.2, -0.15) is 0 Å². The minimum Gasteiger partial charge on any atom is -0.465 e. The first-order valence-corrected chi connectivity index (χ1v) is 12.2. The van der Waals surface area contributed by atoms with Crippen LogP contribution in [0.15, 0.2) is 0 Å². The number of hydrogen-bond acceptors (Lipinski definition) is 2. The van der Waals surface area contributed by atoms with Gasteiger partial charge in [-0.3, -0.25) is 4.79 Å². The van der Waals surface area contributed by atoms with Gasteiger partial charge in [0.05, 0.1) is 12.5 Å². The molecular weight excluding hydrogens is 332 g/mol. The van der Waals surface area contributed by atoms with Crippen LogP contribution in [0.4, 0.5) is 0 Å². The number of unbranched alkanes of at least 4 members (excludes halogenated alkanes) is 7. The second-order valence-electron chi connectivity index (χ2n) is 8.96. The third kappa shape index (κ3) is 16.2. The predicted octanol–water partition coefficient (Wildman–Crippen LogP) is 8.33. The molecule has 0 heterocycles. The molecular formula is C25H50O2. The Balaban J connectivity index is 4.32. The van der Waals surface area contributed by atoms with Gasteiger partial charge in [0, 0.05) is 0 Å². The van der Waals surface area contributed by atoms with Crippen molar-refractivity contribution in [2.75, 3.05) is 6.61 Å². The van der Waals surface area contributed by atoms with Crippen molar-refractivity contribution in [1.29, 1.82) is 0 Å². The Morgan fingerprint density at radius 1 is 0.741 bits per heavy atom. The maximum absolute atomic E-state index is 12.7. The average Bonchev–Trinajstić information content (AvgIpc) is 2.65. The molecule has 0 aromatic heterocycles. The lowest BCUT2D eigenvalue weighted by molar-refractivity contribution is -0.149. The summed E-state index contributed by atoms with van der Waals surface area (Å²) < 4.78 is 5.70. The maximum atomic E-state index is 12.7. The van der Waals surface area contributed by atoms with Crippen molar-refractivity contribution in [2.24, 2.45) is 17.8 Å². The van der Waals surface area contributed by atoms with Crippen LogP contribution < -0.4 is 0 Å². The summed E-state index contributed by atoms with van der Waals surface area (Å²) in [5, 5.41) is 0. The summed E-state index contributed by atoms with van der Waals surface area (Å²) in [7, 11) is 0. The summed E-state index contributed by atoms with van der Waals surface area (Å²) in [4.78, 5) is 12.7. The molecule has 0 N–H and O–H groups in total. The monoisotopic (exact) mass is 382 g/mol. The van der Waals surface area contributed by atoms with Crippen molar-refractivity contribution in [3.05, 3.63) is 0 Å². The van der Waals surface area contributed by atoms with Crippen molar-refractivity contribution in [3.63, 3.8) is 0 Å². The van der Waals surface area contributed by atoms with Crippen LogP contribution in [0.5, 0.6) is 0 Å². The van der Waals surface area contributed by atoms with E-state index >= 15 is 0 Å². The Bertz CT molecular complexity index is 324. The van der Waals surface area contributed by atoms with Gasteiger partial charge in [0.15, 0.2) is 0 Å². The van der Waals surface area contributed by atoms with Gasteiger partial charge >= 0.3 is 5.97 Å². The Kier molecular flexibility index (Phi) is 18.4. The third-order valence-corrected chi connectivity index (χ3v) is 5.82. The molecule has 0 saturated carbocycles. The van der Waals surface area contributed by atoms with Crippen LogP contribution >= 0.6 is 0 Å². The summed E-state index contributed by atoms with van der Waals surface area (Å²) in [6.07, 6.45) is 18.1. The van der Waals surface area contributed by atoms with Gasteiger partial charge in [0.25, 0.3) is 0 Å². The van der Waals surface area contributed by atoms with E-state index in [1.807, 2.05) is 0 Å². The molecule has 0 fully saturated rings. The van der Waals surface area contributed by atoms with Gasteiger partial charge in [-0.15, -0.1) is 0 Å². The Labute approximate surface area is 171 Å². The highest BCUT2D eigenvalue weighted by molar-refractivity contribution is 5.72. The molecule has 0 saturated heterocycles. The number of ether oxygens (including phenoxy) is 1. The van der Waals surface area contributed by atoms with E-state index in [1.54, 1.807) is 0 Å². The molecule has 0 spiro atoms. The molecule has 27 heavy (non-hydrogen) atoms. The van der Waals surface area contributed by atoms with E-state index in [4.69, 9.17) is 4.74 Å². The third-order valence-electron chi connectivity index (χ3n) is 5.82. The molecule has 2 nitrogen and oxygen atoms in total. The molecule has 2 unspecified atom stereocenters. The zero-order chi connectivity index (χ0) is 20.3. The highest BCUT2D eigenvalue weighted by Gasteiger charge is 2.23. The predicted molar refractivity (Wildman–Crippen MR) is 119 cm³/mol. The van der Waals surface area contributed by atoms with Crippen LogP contribution in [0.3, 0.4) is 0 Å². The number of hydrogen-bond donors (Lipinski definition) is 0. The van der Waals surface area contributed by atoms with Crippen LogP contribution in [0, 0.1) is 17.8 Å². The molecule has 0 aromatic rings. The van der Waals surface area contributed by atoms with Crippen molar-refractivity contribution in [2.45, 2.75) is 131 Å². The van der Waals surface area contributed by atoms with E-state index in [0.29, 0.717) is 12.5 Å². The van der Waals surface area contributed by atoms with E-state index in [2.05, 4.69) is 34.6 Å². The SMILES string of the molecule is CCCCCCCCOC(=O)C(CCCCC(C)C)CC(CC)CCCC. The highest BCUT2D eigenvalue weighted by atomic mass is 16.5. The van der Waals surface area contributed by atoms with E-state index in [9.17, 15) is 4.79 Å². The lowest BCUT2D eigenvalue weighted by Crippen LogP contribution is -2.21. The average molecular weight is 383 g/mol. The fourth-order valence-electron chi connectivity index (χ4n) is 3.83. The summed E-state index contributed by atoms with van der Waals surface area (Å²) in [5.41, 5.74) is 0.